The Bertz CT molecular complexity index is 626. The van der Waals surface area contributed by atoms with Crippen LogP contribution in [0.2, 0.25) is 0 Å². The van der Waals surface area contributed by atoms with Crippen molar-refractivity contribution >= 4 is 23.4 Å². The highest BCUT2D eigenvalue weighted by Gasteiger charge is 2.08. The molecular weight excluding hydrogens is 286 g/mol. The molecule has 0 amide bonds. The fourth-order valence-electron chi connectivity index (χ4n) is 1.77. The van der Waals surface area contributed by atoms with Gasteiger partial charge in [-0.15, -0.1) is 0 Å². The van der Waals surface area contributed by atoms with E-state index in [1.807, 2.05) is 24.3 Å². The second-order valence-electron chi connectivity index (χ2n) is 4.26. The van der Waals surface area contributed by atoms with Crippen LogP contribution in [0.3, 0.4) is 0 Å². The van der Waals surface area contributed by atoms with Gasteiger partial charge in [-0.1, -0.05) is 11.8 Å². The van der Waals surface area contributed by atoms with Crippen LogP contribution in [0.15, 0.2) is 52.3 Å². The van der Waals surface area contributed by atoms with Gasteiger partial charge in [0.15, 0.2) is 0 Å². The Labute approximate surface area is 128 Å². The highest BCUT2D eigenvalue weighted by Crippen LogP contribution is 2.36. The molecule has 2 rings (SSSR count). The molecular formula is C16H17NO3S. The van der Waals surface area contributed by atoms with Crippen molar-refractivity contribution in [3.05, 3.63) is 48.0 Å². The Kier molecular flexibility index (Phi) is 5.11. The van der Waals surface area contributed by atoms with E-state index in [-0.39, 0.29) is 5.97 Å². The van der Waals surface area contributed by atoms with Crippen molar-refractivity contribution in [3.63, 3.8) is 0 Å². The molecule has 0 fully saturated rings. The molecule has 0 atom stereocenters. The molecule has 0 unspecified atom stereocenters. The first-order chi connectivity index (χ1) is 10.1. The van der Waals surface area contributed by atoms with Crippen molar-refractivity contribution in [2.45, 2.75) is 16.7 Å². The third kappa shape index (κ3) is 3.92. The minimum absolute atomic E-state index is 0.306. The lowest BCUT2D eigenvalue weighted by molar-refractivity contribution is 0.0526. The summed E-state index contributed by atoms with van der Waals surface area (Å²) < 4.78 is 10.3. The maximum atomic E-state index is 11.6. The zero-order valence-corrected chi connectivity index (χ0v) is 12.8. The quantitative estimate of drug-likeness (QED) is 0.675. The number of nitrogen functional groups attached to an aromatic ring is 1. The van der Waals surface area contributed by atoms with E-state index >= 15 is 0 Å². The molecule has 2 aromatic rings. The highest BCUT2D eigenvalue weighted by atomic mass is 32.2. The average molecular weight is 303 g/mol. The predicted molar refractivity (Wildman–Crippen MR) is 83.9 cm³/mol. The smallest absolute Gasteiger partial charge is 0.338 e. The number of carbonyl (C=O) groups excluding carboxylic acids is 1. The molecule has 2 aromatic carbocycles. The third-order valence-electron chi connectivity index (χ3n) is 2.78. The molecule has 4 nitrogen and oxygen atoms in total. The molecule has 5 heteroatoms. The molecule has 0 aliphatic rings. The van der Waals surface area contributed by atoms with E-state index in [1.165, 1.54) is 0 Å². The highest BCUT2D eigenvalue weighted by molar-refractivity contribution is 7.99. The van der Waals surface area contributed by atoms with E-state index in [1.54, 1.807) is 44.0 Å². The topological polar surface area (TPSA) is 61.5 Å². The van der Waals surface area contributed by atoms with E-state index in [0.717, 1.165) is 15.5 Å². The maximum Gasteiger partial charge on any atom is 0.338 e. The number of carbonyl (C=O) groups is 1. The summed E-state index contributed by atoms with van der Waals surface area (Å²) in [5.74, 6) is 0.425. The van der Waals surface area contributed by atoms with Crippen LogP contribution >= 0.6 is 11.8 Å². The second-order valence-corrected chi connectivity index (χ2v) is 5.37. The van der Waals surface area contributed by atoms with Crippen molar-refractivity contribution in [1.82, 2.24) is 0 Å². The first-order valence-electron chi connectivity index (χ1n) is 6.52. The average Bonchev–Trinajstić information content (AvgIpc) is 2.50. The van der Waals surface area contributed by atoms with Gasteiger partial charge in [0.2, 0.25) is 0 Å². The summed E-state index contributed by atoms with van der Waals surface area (Å²) in [4.78, 5) is 13.6. The molecule has 0 bridgehead atoms. The first-order valence-corrected chi connectivity index (χ1v) is 7.34. The molecule has 0 aliphatic carbocycles. The van der Waals surface area contributed by atoms with Gasteiger partial charge in [-0.2, -0.15) is 0 Å². The Balaban J connectivity index is 2.15. The minimum atomic E-state index is -0.306. The number of nitrogens with two attached hydrogens (primary N) is 1. The monoisotopic (exact) mass is 303 g/mol. The van der Waals surface area contributed by atoms with Gasteiger partial charge in [-0.05, 0) is 43.3 Å². The summed E-state index contributed by atoms with van der Waals surface area (Å²) in [6.45, 7) is 2.16. The molecule has 0 aliphatic heterocycles. The molecule has 0 radical (unpaired) electrons. The van der Waals surface area contributed by atoms with Crippen molar-refractivity contribution in [1.29, 1.82) is 0 Å². The zero-order chi connectivity index (χ0) is 15.2. The SMILES string of the molecule is CCOC(=O)c1ccc(Sc2ccc(N)cc2OC)cc1. The number of hydrogen-bond donors (Lipinski definition) is 1. The van der Waals surface area contributed by atoms with Crippen LogP contribution in [-0.2, 0) is 4.74 Å². The number of rotatable bonds is 5. The van der Waals surface area contributed by atoms with Gasteiger partial charge in [0, 0.05) is 16.6 Å². The summed E-state index contributed by atoms with van der Waals surface area (Å²) in [6, 6.07) is 12.8. The van der Waals surface area contributed by atoms with E-state index in [4.69, 9.17) is 15.2 Å². The van der Waals surface area contributed by atoms with Crippen LogP contribution in [0, 0.1) is 0 Å². The van der Waals surface area contributed by atoms with Crippen LogP contribution in [0.4, 0.5) is 5.69 Å². The summed E-state index contributed by atoms with van der Waals surface area (Å²) >= 11 is 1.55. The molecule has 21 heavy (non-hydrogen) atoms. The molecule has 2 N–H and O–H groups in total. The van der Waals surface area contributed by atoms with E-state index in [0.29, 0.717) is 17.9 Å². The standard InChI is InChI=1S/C16H17NO3S/c1-3-20-16(18)11-4-7-13(8-5-11)21-15-9-6-12(17)10-14(15)19-2/h4-10H,3,17H2,1-2H3. The van der Waals surface area contributed by atoms with E-state index < -0.39 is 0 Å². The lowest BCUT2D eigenvalue weighted by atomic mass is 10.2. The fraction of sp³-hybridized carbons (Fsp3) is 0.188. The summed E-state index contributed by atoms with van der Waals surface area (Å²) in [6.07, 6.45) is 0. The van der Waals surface area contributed by atoms with Crippen LogP contribution < -0.4 is 10.5 Å². The second kappa shape index (κ2) is 7.04. The van der Waals surface area contributed by atoms with Crippen LogP contribution in [0.5, 0.6) is 5.75 Å². The Morgan fingerprint density at radius 1 is 1.19 bits per heavy atom. The Morgan fingerprint density at radius 2 is 1.90 bits per heavy atom. The van der Waals surface area contributed by atoms with Gasteiger partial charge in [0.1, 0.15) is 5.75 Å². The number of methoxy groups -OCH3 is 1. The molecule has 0 aromatic heterocycles. The van der Waals surface area contributed by atoms with Crippen molar-refractivity contribution < 1.29 is 14.3 Å². The van der Waals surface area contributed by atoms with Gasteiger partial charge in [-0.3, -0.25) is 0 Å². The molecule has 0 saturated carbocycles. The normalized spacial score (nSPS) is 10.2. The van der Waals surface area contributed by atoms with Crippen LogP contribution in [0.1, 0.15) is 17.3 Å². The first kappa shape index (κ1) is 15.3. The Morgan fingerprint density at radius 3 is 2.52 bits per heavy atom. The van der Waals surface area contributed by atoms with Crippen LogP contribution in [0.25, 0.3) is 0 Å². The number of hydrogen-bond acceptors (Lipinski definition) is 5. The third-order valence-corrected chi connectivity index (χ3v) is 3.85. The molecule has 0 heterocycles. The van der Waals surface area contributed by atoms with Crippen LogP contribution in [-0.4, -0.2) is 19.7 Å². The van der Waals surface area contributed by atoms with Gasteiger partial charge in [-0.25, -0.2) is 4.79 Å². The van der Waals surface area contributed by atoms with Gasteiger partial charge >= 0.3 is 5.97 Å². The van der Waals surface area contributed by atoms with Crippen molar-refractivity contribution in [3.8, 4) is 5.75 Å². The fourth-order valence-corrected chi connectivity index (χ4v) is 2.67. The molecule has 110 valence electrons. The van der Waals surface area contributed by atoms with E-state index in [9.17, 15) is 4.79 Å². The molecule has 0 spiro atoms. The summed E-state index contributed by atoms with van der Waals surface area (Å²) in [5, 5.41) is 0. The summed E-state index contributed by atoms with van der Waals surface area (Å²) in [7, 11) is 1.61. The predicted octanol–water partition coefficient (Wildman–Crippen LogP) is 3.61. The minimum Gasteiger partial charge on any atom is -0.495 e. The lowest BCUT2D eigenvalue weighted by Gasteiger charge is -2.09. The largest absolute Gasteiger partial charge is 0.495 e. The zero-order valence-electron chi connectivity index (χ0n) is 12.0. The van der Waals surface area contributed by atoms with Gasteiger partial charge < -0.3 is 15.2 Å². The Hall–Kier alpha value is -2.14. The van der Waals surface area contributed by atoms with Crippen molar-refractivity contribution in [2.24, 2.45) is 0 Å². The maximum absolute atomic E-state index is 11.6. The van der Waals surface area contributed by atoms with Gasteiger partial charge in [0.25, 0.3) is 0 Å². The summed E-state index contributed by atoms with van der Waals surface area (Å²) in [5.41, 5.74) is 6.95. The number of ether oxygens (including phenoxy) is 2. The number of benzene rings is 2. The molecule has 0 saturated heterocycles. The van der Waals surface area contributed by atoms with E-state index in [2.05, 4.69) is 0 Å². The number of esters is 1. The van der Waals surface area contributed by atoms with Crippen molar-refractivity contribution in [2.75, 3.05) is 19.5 Å². The lowest BCUT2D eigenvalue weighted by Crippen LogP contribution is -2.03. The van der Waals surface area contributed by atoms with Gasteiger partial charge in [0.05, 0.1) is 24.2 Å². The number of anilines is 1.